The Hall–Kier alpha value is -2.29. The molecule has 0 spiro atoms. The SMILES string of the molecule is CC(C)CCCCOc1ccc(-c2cccc(C(N)=O)c2)cc1. The van der Waals surface area contributed by atoms with Gasteiger partial charge in [-0.1, -0.05) is 44.5 Å². The third-order valence-electron chi connectivity index (χ3n) is 3.78. The van der Waals surface area contributed by atoms with E-state index in [0.29, 0.717) is 5.56 Å². The zero-order chi connectivity index (χ0) is 16.7. The summed E-state index contributed by atoms with van der Waals surface area (Å²) in [5.74, 6) is 1.23. The highest BCUT2D eigenvalue weighted by Gasteiger charge is 2.04. The molecule has 0 aliphatic rings. The number of ether oxygens (including phenoxy) is 1. The summed E-state index contributed by atoms with van der Waals surface area (Å²) in [4.78, 5) is 11.3. The first-order valence-electron chi connectivity index (χ1n) is 8.19. The lowest BCUT2D eigenvalue weighted by atomic mass is 10.0. The highest BCUT2D eigenvalue weighted by Crippen LogP contribution is 2.23. The van der Waals surface area contributed by atoms with E-state index in [1.165, 1.54) is 12.8 Å². The van der Waals surface area contributed by atoms with E-state index in [1.54, 1.807) is 6.07 Å². The molecule has 0 unspecified atom stereocenters. The summed E-state index contributed by atoms with van der Waals surface area (Å²) in [5.41, 5.74) is 7.86. The third-order valence-corrected chi connectivity index (χ3v) is 3.78. The largest absolute Gasteiger partial charge is 0.494 e. The van der Waals surface area contributed by atoms with Gasteiger partial charge in [0, 0.05) is 5.56 Å². The van der Waals surface area contributed by atoms with Crippen LogP contribution in [0.15, 0.2) is 48.5 Å². The van der Waals surface area contributed by atoms with E-state index < -0.39 is 5.91 Å². The predicted octanol–water partition coefficient (Wildman–Crippen LogP) is 4.66. The zero-order valence-corrected chi connectivity index (χ0v) is 13.9. The zero-order valence-electron chi connectivity index (χ0n) is 13.9. The Morgan fingerprint density at radius 1 is 1.04 bits per heavy atom. The molecule has 0 fully saturated rings. The van der Waals surface area contributed by atoms with Crippen molar-refractivity contribution in [2.24, 2.45) is 11.7 Å². The van der Waals surface area contributed by atoms with Crippen LogP contribution in [0.25, 0.3) is 11.1 Å². The maximum absolute atomic E-state index is 11.3. The topological polar surface area (TPSA) is 52.3 Å². The summed E-state index contributed by atoms with van der Waals surface area (Å²) in [5, 5.41) is 0. The second-order valence-corrected chi connectivity index (χ2v) is 6.21. The van der Waals surface area contributed by atoms with Gasteiger partial charge in [0.25, 0.3) is 0 Å². The number of hydrogen-bond acceptors (Lipinski definition) is 2. The Labute approximate surface area is 138 Å². The van der Waals surface area contributed by atoms with Gasteiger partial charge in [0.2, 0.25) is 5.91 Å². The van der Waals surface area contributed by atoms with Crippen LogP contribution in [0.1, 0.15) is 43.5 Å². The maximum atomic E-state index is 11.3. The normalized spacial score (nSPS) is 10.7. The second kappa shape index (κ2) is 8.37. The molecule has 122 valence electrons. The molecule has 23 heavy (non-hydrogen) atoms. The molecule has 0 aromatic heterocycles. The van der Waals surface area contributed by atoms with Gasteiger partial charge in [-0.05, 0) is 54.2 Å². The van der Waals surface area contributed by atoms with Gasteiger partial charge in [-0.3, -0.25) is 4.79 Å². The van der Waals surface area contributed by atoms with Crippen molar-refractivity contribution in [3.8, 4) is 16.9 Å². The van der Waals surface area contributed by atoms with Crippen LogP contribution in [0.3, 0.4) is 0 Å². The van der Waals surface area contributed by atoms with Crippen LogP contribution in [0, 0.1) is 5.92 Å². The summed E-state index contributed by atoms with van der Waals surface area (Å²) in [6, 6.07) is 15.3. The number of amides is 1. The molecule has 0 saturated heterocycles. The van der Waals surface area contributed by atoms with E-state index in [-0.39, 0.29) is 0 Å². The lowest BCUT2D eigenvalue weighted by Crippen LogP contribution is -2.10. The smallest absolute Gasteiger partial charge is 0.248 e. The highest BCUT2D eigenvalue weighted by molar-refractivity contribution is 5.94. The molecular weight excluding hydrogens is 286 g/mol. The molecule has 0 radical (unpaired) electrons. The molecule has 1 amide bonds. The van der Waals surface area contributed by atoms with E-state index in [9.17, 15) is 4.79 Å². The van der Waals surface area contributed by atoms with Crippen molar-refractivity contribution < 1.29 is 9.53 Å². The van der Waals surface area contributed by atoms with Crippen molar-refractivity contribution in [1.82, 2.24) is 0 Å². The molecule has 0 heterocycles. The number of carbonyl (C=O) groups is 1. The minimum absolute atomic E-state index is 0.409. The molecular formula is C20H25NO2. The molecule has 2 rings (SSSR count). The maximum Gasteiger partial charge on any atom is 0.248 e. The van der Waals surface area contributed by atoms with Gasteiger partial charge >= 0.3 is 0 Å². The Kier molecular flexibility index (Phi) is 6.21. The van der Waals surface area contributed by atoms with Crippen molar-refractivity contribution in [3.63, 3.8) is 0 Å². The summed E-state index contributed by atoms with van der Waals surface area (Å²) < 4.78 is 5.77. The fraction of sp³-hybridized carbons (Fsp3) is 0.350. The van der Waals surface area contributed by atoms with Crippen LogP contribution < -0.4 is 10.5 Å². The molecule has 0 aliphatic heterocycles. The molecule has 0 saturated carbocycles. The third kappa shape index (κ3) is 5.44. The van der Waals surface area contributed by atoms with Crippen LogP contribution >= 0.6 is 0 Å². The molecule has 2 aromatic rings. The number of unbranched alkanes of at least 4 members (excludes halogenated alkanes) is 1. The minimum atomic E-state index is -0.409. The first-order valence-corrected chi connectivity index (χ1v) is 8.19. The van der Waals surface area contributed by atoms with E-state index in [4.69, 9.17) is 10.5 Å². The molecule has 0 bridgehead atoms. The molecule has 2 aromatic carbocycles. The number of hydrogen-bond donors (Lipinski definition) is 1. The van der Waals surface area contributed by atoms with Crippen molar-refractivity contribution in [3.05, 3.63) is 54.1 Å². The van der Waals surface area contributed by atoms with Gasteiger partial charge in [0.1, 0.15) is 5.75 Å². The quantitative estimate of drug-likeness (QED) is 0.721. The van der Waals surface area contributed by atoms with Crippen LogP contribution in [0.4, 0.5) is 0 Å². The Morgan fingerprint density at radius 3 is 2.43 bits per heavy atom. The van der Waals surface area contributed by atoms with Crippen LogP contribution in [0.5, 0.6) is 5.75 Å². The molecule has 0 aliphatic carbocycles. The lowest BCUT2D eigenvalue weighted by Gasteiger charge is -2.09. The van der Waals surface area contributed by atoms with E-state index in [1.807, 2.05) is 42.5 Å². The van der Waals surface area contributed by atoms with Gasteiger partial charge in [0.15, 0.2) is 0 Å². The second-order valence-electron chi connectivity index (χ2n) is 6.21. The molecule has 2 N–H and O–H groups in total. The number of carbonyl (C=O) groups excluding carboxylic acids is 1. The average Bonchev–Trinajstić information content (AvgIpc) is 2.55. The molecule has 3 nitrogen and oxygen atoms in total. The standard InChI is InChI=1S/C20H25NO2/c1-15(2)6-3-4-13-23-19-11-9-16(10-12-19)17-7-5-8-18(14-17)20(21)22/h5,7-12,14-15H,3-4,6,13H2,1-2H3,(H2,21,22). The van der Waals surface area contributed by atoms with Crippen LogP contribution in [-0.4, -0.2) is 12.5 Å². The Balaban J connectivity index is 1.92. The van der Waals surface area contributed by atoms with Gasteiger partial charge in [0.05, 0.1) is 6.61 Å². The number of nitrogens with two attached hydrogens (primary N) is 1. The van der Waals surface area contributed by atoms with Crippen molar-refractivity contribution >= 4 is 5.91 Å². The van der Waals surface area contributed by atoms with Gasteiger partial charge in [-0.25, -0.2) is 0 Å². The summed E-state index contributed by atoms with van der Waals surface area (Å²) in [6.07, 6.45) is 3.54. The van der Waals surface area contributed by atoms with E-state index in [0.717, 1.165) is 35.8 Å². The lowest BCUT2D eigenvalue weighted by molar-refractivity contribution is 0.100. The first-order chi connectivity index (χ1) is 11.1. The van der Waals surface area contributed by atoms with Gasteiger partial charge in [-0.15, -0.1) is 0 Å². The average molecular weight is 311 g/mol. The Morgan fingerprint density at radius 2 is 1.78 bits per heavy atom. The molecule has 3 heteroatoms. The van der Waals surface area contributed by atoms with Crippen molar-refractivity contribution in [2.45, 2.75) is 33.1 Å². The fourth-order valence-electron chi connectivity index (χ4n) is 2.44. The minimum Gasteiger partial charge on any atom is -0.494 e. The van der Waals surface area contributed by atoms with Crippen molar-refractivity contribution in [2.75, 3.05) is 6.61 Å². The van der Waals surface area contributed by atoms with E-state index >= 15 is 0 Å². The van der Waals surface area contributed by atoms with Gasteiger partial charge < -0.3 is 10.5 Å². The summed E-state index contributed by atoms with van der Waals surface area (Å²) in [7, 11) is 0. The highest BCUT2D eigenvalue weighted by atomic mass is 16.5. The van der Waals surface area contributed by atoms with Crippen molar-refractivity contribution in [1.29, 1.82) is 0 Å². The molecule has 0 atom stereocenters. The van der Waals surface area contributed by atoms with Gasteiger partial charge in [-0.2, -0.15) is 0 Å². The fourth-order valence-corrected chi connectivity index (χ4v) is 2.44. The summed E-state index contributed by atoms with van der Waals surface area (Å²) in [6.45, 7) is 5.24. The van der Waals surface area contributed by atoms with Crippen LogP contribution in [0.2, 0.25) is 0 Å². The predicted molar refractivity (Wildman–Crippen MR) is 94.6 cm³/mol. The first kappa shape index (κ1) is 17.1. The van der Waals surface area contributed by atoms with Crippen LogP contribution in [-0.2, 0) is 0 Å². The monoisotopic (exact) mass is 311 g/mol. The number of benzene rings is 2. The van der Waals surface area contributed by atoms with E-state index in [2.05, 4.69) is 13.8 Å². The summed E-state index contributed by atoms with van der Waals surface area (Å²) >= 11 is 0. The number of primary amides is 1. The Bertz CT molecular complexity index is 632. The number of rotatable bonds is 8.